The highest BCUT2D eigenvalue weighted by molar-refractivity contribution is 7.92. The number of benzene rings is 1. The van der Waals surface area contributed by atoms with Crippen molar-refractivity contribution < 1.29 is 27.3 Å². The molecule has 170 valence electrons. The summed E-state index contributed by atoms with van der Waals surface area (Å²) in [5.74, 6) is -0.00863. The number of aromatic nitrogens is 1. The number of hydrogen-bond acceptors (Lipinski definition) is 7. The topological polar surface area (TPSA) is 131 Å². The predicted molar refractivity (Wildman–Crippen MR) is 119 cm³/mol. The zero-order valence-corrected chi connectivity index (χ0v) is 18.6. The van der Waals surface area contributed by atoms with E-state index in [-0.39, 0.29) is 16.5 Å². The third-order valence-electron chi connectivity index (χ3n) is 4.60. The van der Waals surface area contributed by atoms with Crippen LogP contribution in [0.25, 0.3) is 0 Å². The Balaban J connectivity index is 1.48. The first-order valence-electron chi connectivity index (χ1n) is 10.1. The Morgan fingerprint density at radius 1 is 1.12 bits per heavy atom. The van der Waals surface area contributed by atoms with E-state index in [0.29, 0.717) is 24.3 Å². The average molecular weight is 460 g/mol. The van der Waals surface area contributed by atoms with Crippen molar-refractivity contribution in [2.24, 2.45) is 0 Å². The summed E-state index contributed by atoms with van der Waals surface area (Å²) in [7, 11) is -3.85. The number of ketones is 1. The Hall–Kier alpha value is -3.24. The molecule has 0 unspecified atom stereocenters. The van der Waals surface area contributed by atoms with Crippen LogP contribution in [0.1, 0.15) is 31.9 Å². The van der Waals surface area contributed by atoms with Gasteiger partial charge in [0.1, 0.15) is 5.76 Å². The molecule has 2 atom stereocenters. The van der Waals surface area contributed by atoms with Crippen LogP contribution in [0.4, 0.5) is 11.5 Å². The summed E-state index contributed by atoms with van der Waals surface area (Å²) in [5, 5.41) is 6.23. The molecule has 1 amide bonds. The molecule has 0 aliphatic carbocycles. The predicted octanol–water partition coefficient (Wildman–Crippen LogP) is 3.36. The van der Waals surface area contributed by atoms with Crippen LogP contribution in [0, 0.1) is 6.92 Å². The number of allylic oxidation sites excluding steroid dienone is 4. The molecule has 1 aliphatic rings. The zero-order valence-electron chi connectivity index (χ0n) is 17.8. The van der Waals surface area contributed by atoms with Crippen LogP contribution in [0.15, 0.2) is 64.1 Å². The fourth-order valence-corrected chi connectivity index (χ4v) is 3.88. The van der Waals surface area contributed by atoms with E-state index in [2.05, 4.69) is 15.2 Å². The molecule has 0 saturated carbocycles. The molecule has 9 nitrogen and oxygen atoms in total. The van der Waals surface area contributed by atoms with E-state index >= 15 is 0 Å². The minimum atomic E-state index is -3.85. The fourth-order valence-electron chi connectivity index (χ4n) is 2.90. The number of aryl methyl sites for hydroxylation is 1. The molecule has 0 spiro atoms. The number of epoxide rings is 1. The van der Waals surface area contributed by atoms with Crippen molar-refractivity contribution in [1.82, 2.24) is 5.16 Å². The lowest BCUT2D eigenvalue weighted by molar-refractivity contribution is -0.121. The molecular formula is C22H25N3O6S. The molecule has 2 aromatic rings. The molecule has 0 radical (unpaired) electrons. The summed E-state index contributed by atoms with van der Waals surface area (Å²) in [6.07, 6.45) is 8.07. The molecular weight excluding hydrogens is 434 g/mol. The molecule has 1 saturated heterocycles. The zero-order chi connectivity index (χ0) is 23.1. The molecule has 1 aromatic carbocycles. The van der Waals surface area contributed by atoms with Crippen molar-refractivity contribution in [2.75, 3.05) is 10.0 Å². The van der Waals surface area contributed by atoms with Gasteiger partial charge < -0.3 is 14.6 Å². The van der Waals surface area contributed by atoms with E-state index in [0.717, 1.165) is 6.42 Å². The maximum absolute atomic E-state index is 12.4. The minimum absolute atomic E-state index is 0.00522. The second kappa shape index (κ2) is 10.4. The van der Waals surface area contributed by atoms with Crippen molar-refractivity contribution in [1.29, 1.82) is 0 Å². The van der Waals surface area contributed by atoms with Gasteiger partial charge in [-0.05, 0) is 51.0 Å². The number of nitrogens with zero attached hydrogens (tertiary/aromatic N) is 1. The average Bonchev–Trinajstić information content (AvgIpc) is 3.47. The lowest BCUT2D eigenvalue weighted by atomic mass is 10.1. The van der Waals surface area contributed by atoms with Crippen LogP contribution in [-0.2, 0) is 24.3 Å². The molecule has 1 aromatic heterocycles. The summed E-state index contributed by atoms with van der Waals surface area (Å²) in [6.45, 7) is 3.59. The number of anilines is 2. The van der Waals surface area contributed by atoms with E-state index in [1.807, 2.05) is 31.2 Å². The van der Waals surface area contributed by atoms with Crippen molar-refractivity contribution in [3.63, 3.8) is 0 Å². The highest BCUT2D eigenvalue weighted by Gasteiger charge is 2.49. The van der Waals surface area contributed by atoms with E-state index < -0.39 is 28.1 Å². The summed E-state index contributed by atoms with van der Waals surface area (Å²) in [5.41, 5.74) is 0.389. The number of carbonyl (C=O) groups excluding carboxylic acids is 2. The molecule has 1 fully saturated rings. The lowest BCUT2D eigenvalue weighted by Crippen LogP contribution is -2.22. The van der Waals surface area contributed by atoms with Gasteiger partial charge in [0.15, 0.2) is 23.8 Å². The normalized spacial score (nSPS) is 18.2. The summed E-state index contributed by atoms with van der Waals surface area (Å²) in [4.78, 5) is 24.4. The van der Waals surface area contributed by atoms with Crippen LogP contribution in [0.5, 0.6) is 0 Å². The third kappa shape index (κ3) is 6.38. The van der Waals surface area contributed by atoms with Gasteiger partial charge in [-0.2, -0.15) is 0 Å². The molecule has 2 heterocycles. The van der Waals surface area contributed by atoms with Gasteiger partial charge in [0.05, 0.1) is 4.90 Å². The van der Waals surface area contributed by atoms with Gasteiger partial charge in [-0.25, -0.2) is 8.42 Å². The first-order chi connectivity index (χ1) is 15.3. The summed E-state index contributed by atoms with van der Waals surface area (Å²) < 4.78 is 37.2. The van der Waals surface area contributed by atoms with Gasteiger partial charge in [-0.15, -0.1) is 0 Å². The van der Waals surface area contributed by atoms with E-state index in [9.17, 15) is 18.0 Å². The quantitative estimate of drug-likeness (QED) is 0.389. The van der Waals surface area contributed by atoms with Crippen molar-refractivity contribution in [3.8, 4) is 0 Å². The highest BCUT2D eigenvalue weighted by atomic mass is 32.2. The Kier molecular flexibility index (Phi) is 7.60. The molecule has 32 heavy (non-hydrogen) atoms. The van der Waals surface area contributed by atoms with Crippen LogP contribution < -0.4 is 10.0 Å². The van der Waals surface area contributed by atoms with Gasteiger partial charge >= 0.3 is 0 Å². The van der Waals surface area contributed by atoms with Gasteiger partial charge in [-0.1, -0.05) is 29.5 Å². The number of nitrogens with one attached hydrogen (secondary N) is 2. The molecule has 10 heteroatoms. The van der Waals surface area contributed by atoms with E-state index in [4.69, 9.17) is 9.26 Å². The summed E-state index contributed by atoms with van der Waals surface area (Å²) >= 11 is 0. The van der Waals surface area contributed by atoms with E-state index in [1.54, 1.807) is 6.92 Å². The van der Waals surface area contributed by atoms with Crippen LogP contribution >= 0.6 is 0 Å². The van der Waals surface area contributed by atoms with Gasteiger partial charge in [-0.3, -0.25) is 14.3 Å². The second-order valence-electron chi connectivity index (χ2n) is 7.20. The van der Waals surface area contributed by atoms with Crippen LogP contribution in [-0.4, -0.2) is 37.5 Å². The Bertz CT molecular complexity index is 1120. The monoisotopic (exact) mass is 459 g/mol. The van der Waals surface area contributed by atoms with E-state index in [1.165, 1.54) is 30.3 Å². The minimum Gasteiger partial charge on any atom is -0.360 e. The third-order valence-corrected chi connectivity index (χ3v) is 5.97. The first-order valence-corrected chi connectivity index (χ1v) is 11.6. The van der Waals surface area contributed by atoms with Crippen molar-refractivity contribution >= 4 is 33.2 Å². The molecule has 1 aliphatic heterocycles. The maximum Gasteiger partial charge on any atom is 0.263 e. The standard InChI is InChI=1S/C22H25N3O6S/c1-3-4-5-6-7-8-9-18(26)20-21(30-20)22(27)23-16-10-12-17(13-11-16)32(28,29)25-19-14-15(2)31-24-19/h3-4,6-7,10-14,20-21H,5,8-9H2,1-2H3,(H,23,27)(H,24,25)/b4-3+,7-6+/t20-,21-/m1/s1. The number of ether oxygens (including phenoxy) is 1. The highest BCUT2D eigenvalue weighted by Crippen LogP contribution is 2.27. The first kappa shape index (κ1) is 23.4. The number of hydrogen-bond donors (Lipinski definition) is 2. The molecule has 3 rings (SSSR count). The van der Waals surface area contributed by atoms with Gasteiger partial charge in [0.2, 0.25) is 0 Å². The Morgan fingerprint density at radius 3 is 2.53 bits per heavy atom. The maximum atomic E-state index is 12.4. The second-order valence-corrected chi connectivity index (χ2v) is 8.88. The number of Topliss-reactive ketones (excluding diaryl/α,β-unsaturated/α-hetero) is 1. The molecule has 2 N–H and O–H groups in total. The van der Waals surface area contributed by atoms with Crippen molar-refractivity contribution in [2.45, 2.75) is 50.2 Å². The number of amides is 1. The smallest absolute Gasteiger partial charge is 0.263 e. The number of carbonyl (C=O) groups is 2. The summed E-state index contributed by atoms with van der Waals surface area (Å²) in [6, 6.07) is 7.06. The number of sulfonamides is 1. The van der Waals surface area contributed by atoms with Crippen LogP contribution in [0.3, 0.4) is 0 Å². The molecule has 0 bridgehead atoms. The van der Waals surface area contributed by atoms with Crippen LogP contribution in [0.2, 0.25) is 0 Å². The van der Waals surface area contributed by atoms with Crippen molar-refractivity contribution in [3.05, 3.63) is 60.4 Å². The lowest BCUT2D eigenvalue weighted by Gasteiger charge is -2.07. The fraction of sp³-hybridized carbons (Fsp3) is 0.318. The number of rotatable bonds is 11. The SMILES string of the molecule is C/C=C/C/C=C/CCC(=O)[C@H]1O[C@H]1C(=O)Nc1ccc(S(=O)(=O)Nc2cc(C)on2)cc1. The van der Waals surface area contributed by atoms with Gasteiger partial charge in [0.25, 0.3) is 15.9 Å². The Labute approximate surface area is 186 Å². The largest absolute Gasteiger partial charge is 0.360 e. The van der Waals surface area contributed by atoms with Gasteiger partial charge in [0, 0.05) is 18.2 Å². The Morgan fingerprint density at radius 2 is 1.88 bits per heavy atom.